The molecule has 1 aromatic heterocycles. The van der Waals surface area contributed by atoms with Gasteiger partial charge < -0.3 is 9.67 Å². The van der Waals surface area contributed by atoms with Gasteiger partial charge >= 0.3 is 0 Å². The first kappa shape index (κ1) is 13.2. The van der Waals surface area contributed by atoms with E-state index >= 15 is 0 Å². The van der Waals surface area contributed by atoms with E-state index in [1.165, 1.54) is 12.1 Å². The molecule has 100 valence electrons. The van der Waals surface area contributed by atoms with Crippen molar-refractivity contribution in [2.24, 2.45) is 0 Å². The van der Waals surface area contributed by atoms with E-state index in [2.05, 4.69) is 10.2 Å². The third-order valence-corrected chi connectivity index (χ3v) is 2.74. The first-order valence-corrected chi connectivity index (χ1v) is 5.84. The number of rotatable bonds is 4. The normalized spacial score (nSPS) is 10.9. The van der Waals surface area contributed by atoms with Crippen molar-refractivity contribution in [1.29, 1.82) is 0 Å². The lowest BCUT2D eigenvalue weighted by molar-refractivity contribution is -0.384. The van der Waals surface area contributed by atoms with E-state index in [9.17, 15) is 15.2 Å². The Kier molecular flexibility index (Phi) is 3.57. The Labute approximate surface area is 109 Å². The summed E-state index contributed by atoms with van der Waals surface area (Å²) in [6, 6.07) is 6.26. The second-order valence-corrected chi connectivity index (χ2v) is 4.37. The summed E-state index contributed by atoms with van der Waals surface area (Å²) in [7, 11) is 0. The number of benzene rings is 1. The van der Waals surface area contributed by atoms with Crippen LogP contribution < -0.4 is 0 Å². The molecule has 0 amide bonds. The molecule has 0 radical (unpaired) electrons. The van der Waals surface area contributed by atoms with Crippen molar-refractivity contribution in [2.45, 2.75) is 26.5 Å². The molecule has 0 saturated heterocycles. The molecule has 7 nitrogen and oxygen atoms in total. The molecule has 2 aromatic rings. The van der Waals surface area contributed by atoms with Crippen LogP contribution in [0.1, 0.15) is 25.7 Å². The second kappa shape index (κ2) is 5.15. The van der Waals surface area contributed by atoms with Crippen molar-refractivity contribution in [3.63, 3.8) is 0 Å². The summed E-state index contributed by atoms with van der Waals surface area (Å²) in [6.45, 7) is 3.65. The Hall–Kier alpha value is -2.28. The van der Waals surface area contributed by atoms with Crippen LogP contribution in [0.2, 0.25) is 0 Å². The molecule has 0 bridgehead atoms. The molecule has 0 fully saturated rings. The lowest BCUT2D eigenvalue weighted by Crippen LogP contribution is -2.08. The van der Waals surface area contributed by atoms with Crippen molar-refractivity contribution in [3.05, 3.63) is 40.2 Å². The summed E-state index contributed by atoms with van der Waals surface area (Å²) in [5, 5.41) is 27.9. The highest BCUT2D eigenvalue weighted by Crippen LogP contribution is 2.25. The largest absolute Gasteiger partial charge is 0.388 e. The van der Waals surface area contributed by atoms with Crippen LogP contribution in [-0.2, 0) is 6.61 Å². The van der Waals surface area contributed by atoms with Gasteiger partial charge in [0, 0.05) is 23.7 Å². The first-order valence-electron chi connectivity index (χ1n) is 5.84. The zero-order valence-electron chi connectivity index (χ0n) is 10.6. The highest BCUT2D eigenvalue weighted by atomic mass is 16.6. The Balaban J connectivity index is 2.55. The molecule has 0 aliphatic rings. The van der Waals surface area contributed by atoms with Crippen LogP contribution in [0.25, 0.3) is 11.4 Å². The predicted molar refractivity (Wildman–Crippen MR) is 68.4 cm³/mol. The summed E-state index contributed by atoms with van der Waals surface area (Å²) in [6.07, 6.45) is 0. The van der Waals surface area contributed by atoms with E-state index in [0.717, 1.165) is 0 Å². The van der Waals surface area contributed by atoms with Gasteiger partial charge in [0.25, 0.3) is 5.69 Å². The summed E-state index contributed by atoms with van der Waals surface area (Å²) < 4.78 is 1.76. The molecular weight excluding hydrogens is 248 g/mol. The van der Waals surface area contributed by atoms with Gasteiger partial charge in [-0.05, 0) is 13.8 Å². The Morgan fingerprint density at radius 3 is 2.74 bits per heavy atom. The number of hydrogen-bond donors (Lipinski definition) is 1. The number of nitrogens with zero attached hydrogens (tertiary/aromatic N) is 4. The fraction of sp³-hybridized carbons (Fsp3) is 0.333. The average molecular weight is 262 g/mol. The molecule has 0 atom stereocenters. The molecule has 1 heterocycles. The average Bonchev–Trinajstić information content (AvgIpc) is 2.82. The van der Waals surface area contributed by atoms with E-state index in [1.807, 2.05) is 13.8 Å². The number of hydrogen-bond acceptors (Lipinski definition) is 5. The second-order valence-electron chi connectivity index (χ2n) is 4.37. The maximum atomic E-state index is 10.8. The third kappa shape index (κ3) is 2.45. The minimum Gasteiger partial charge on any atom is -0.388 e. The van der Waals surface area contributed by atoms with Crippen molar-refractivity contribution in [2.75, 3.05) is 0 Å². The van der Waals surface area contributed by atoms with Gasteiger partial charge in [0.2, 0.25) is 0 Å². The van der Waals surface area contributed by atoms with Crippen LogP contribution in [0.3, 0.4) is 0 Å². The molecule has 0 aliphatic heterocycles. The van der Waals surface area contributed by atoms with Crippen molar-refractivity contribution >= 4 is 5.69 Å². The van der Waals surface area contributed by atoms with Crippen LogP contribution in [0.15, 0.2) is 24.3 Å². The monoisotopic (exact) mass is 262 g/mol. The summed E-state index contributed by atoms with van der Waals surface area (Å²) in [4.78, 5) is 10.3. The summed E-state index contributed by atoms with van der Waals surface area (Å²) in [5.41, 5.74) is 0.608. The van der Waals surface area contributed by atoms with E-state index in [0.29, 0.717) is 17.2 Å². The van der Waals surface area contributed by atoms with Gasteiger partial charge in [-0.15, -0.1) is 10.2 Å². The maximum Gasteiger partial charge on any atom is 0.270 e. The molecule has 0 spiro atoms. The van der Waals surface area contributed by atoms with Gasteiger partial charge in [0.15, 0.2) is 11.6 Å². The molecule has 19 heavy (non-hydrogen) atoms. The van der Waals surface area contributed by atoms with Gasteiger partial charge in [-0.25, -0.2) is 0 Å². The maximum absolute atomic E-state index is 10.8. The smallest absolute Gasteiger partial charge is 0.270 e. The zero-order valence-corrected chi connectivity index (χ0v) is 10.6. The minimum atomic E-state index is -0.452. The fourth-order valence-corrected chi connectivity index (χ4v) is 1.93. The number of aliphatic hydroxyl groups excluding tert-OH is 1. The van der Waals surface area contributed by atoms with Crippen LogP contribution in [0.5, 0.6) is 0 Å². The SMILES string of the molecule is CC(C)n1c(CO)nnc1-c1cccc([N+](=O)[O-])c1. The van der Waals surface area contributed by atoms with Crippen LogP contribution in [0, 0.1) is 10.1 Å². The van der Waals surface area contributed by atoms with Gasteiger partial charge in [-0.2, -0.15) is 0 Å². The Bertz CT molecular complexity index is 607. The minimum absolute atomic E-state index is 0.00125. The molecule has 2 rings (SSSR count). The first-order chi connectivity index (χ1) is 9.04. The molecule has 0 unspecified atom stereocenters. The number of nitro groups is 1. The number of nitro benzene ring substituents is 1. The summed E-state index contributed by atoms with van der Waals surface area (Å²) in [5.74, 6) is 0.958. The van der Waals surface area contributed by atoms with Gasteiger partial charge in [-0.1, -0.05) is 12.1 Å². The molecule has 7 heteroatoms. The van der Waals surface area contributed by atoms with Crippen molar-refractivity contribution in [3.8, 4) is 11.4 Å². The van der Waals surface area contributed by atoms with Crippen LogP contribution in [0.4, 0.5) is 5.69 Å². The highest BCUT2D eigenvalue weighted by molar-refractivity contribution is 5.59. The van der Waals surface area contributed by atoms with E-state index in [-0.39, 0.29) is 18.3 Å². The van der Waals surface area contributed by atoms with E-state index in [4.69, 9.17) is 0 Å². The van der Waals surface area contributed by atoms with Gasteiger partial charge in [0.05, 0.1) is 4.92 Å². The van der Waals surface area contributed by atoms with Crippen LogP contribution >= 0.6 is 0 Å². The number of aromatic nitrogens is 3. The Morgan fingerprint density at radius 1 is 1.42 bits per heavy atom. The van der Waals surface area contributed by atoms with Crippen molar-refractivity contribution < 1.29 is 10.0 Å². The molecular formula is C12H14N4O3. The standard InChI is InChI=1S/C12H14N4O3/c1-8(2)15-11(7-17)13-14-12(15)9-4-3-5-10(6-9)16(18)19/h3-6,8,17H,7H2,1-2H3. The van der Waals surface area contributed by atoms with Gasteiger partial charge in [-0.3, -0.25) is 10.1 Å². The predicted octanol–water partition coefficient (Wildman–Crippen LogP) is 1.93. The zero-order chi connectivity index (χ0) is 14.0. The van der Waals surface area contributed by atoms with Crippen molar-refractivity contribution in [1.82, 2.24) is 14.8 Å². The lowest BCUT2D eigenvalue weighted by atomic mass is 10.2. The Morgan fingerprint density at radius 2 is 2.16 bits per heavy atom. The summed E-state index contributed by atoms with van der Waals surface area (Å²) >= 11 is 0. The number of non-ortho nitro benzene ring substituents is 1. The highest BCUT2D eigenvalue weighted by Gasteiger charge is 2.17. The lowest BCUT2D eigenvalue weighted by Gasteiger charge is -2.12. The molecule has 0 aliphatic carbocycles. The third-order valence-electron chi connectivity index (χ3n) is 2.74. The molecule has 1 N–H and O–H groups in total. The molecule has 1 aromatic carbocycles. The van der Waals surface area contributed by atoms with Gasteiger partial charge in [0.1, 0.15) is 6.61 Å². The van der Waals surface area contributed by atoms with E-state index in [1.54, 1.807) is 16.7 Å². The quantitative estimate of drug-likeness (QED) is 0.671. The van der Waals surface area contributed by atoms with Crippen LogP contribution in [-0.4, -0.2) is 24.8 Å². The molecule has 0 saturated carbocycles. The topological polar surface area (TPSA) is 94.1 Å². The van der Waals surface area contributed by atoms with E-state index < -0.39 is 4.92 Å². The number of aliphatic hydroxyl groups is 1. The fourth-order valence-electron chi connectivity index (χ4n) is 1.93.